The standard InChI is InChI=1S/C29H36F3N3O3/c1-20-12-22(14-24(13-20)29(30,31)32)21(2)38-18-28(23-8-6-5-7-9-23)11-10-27(17-34-28,16-26(3,4)37)35-19-33-15-25(35)36/h5-9,12-14,19,21,34,37H,10-11,15-18H2,1-4H3/t21-,27-,28-/m1/s1. The van der Waals surface area contributed by atoms with E-state index in [0.29, 0.717) is 36.9 Å². The first-order valence-electron chi connectivity index (χ1n) is 12.9. The van der Waals surface area contributed by atoms with Crippen LogP contribution in [0.1, 0.15) is 68.4 Å². The molecule has 0 aromatic heterocycles. The van der Waals surface area contributed by atoms with Crippen LogP contribution in [0.25, 0.3) is 0 Å². The summed E-state index contributed by atoms with van der Waals surface area (Å²) in [6.07, 6.45) is -1.92. The number of hydrogen-bond donors (Lipinski definition) is 2. The van der Waals surface area contributed by atoms with Gasteiger partial charge in [0.1, 0.15) is 6.54 Å². The number of amides is 1. The summed E-state index contributed by atoms with van der Waals surface area (Å²) < 4.78 is 46.5. The molecule has 9 heteroatoms. The molecule has 206 valence electrons. The van der Waals surface area contributed by atoms with Gasteiger partial charge >= 0.3 is 6.18 Å². The minimum Gasteiger partial charge on any atom is -0.390 e. The molecule has 2 N–H and O–H groups in total. The first-order chi connectivity index (χ1) is 17.7. The third-order valence-electron chi connectivity index (χ3n) is 7.54. The number of ether oxygens (including phenoxy) is 1. The zero-order valence-electron chi connectivity index (χ0n) is 22.3. The van der Waals surface area contributed by atoms with E-state index < -0.39 is 34.5 Å². The van der Waals surface area contributed by atoms with Crippen LogP contribution >= 0.6 is 0 Å². The molecular formula is C29H36F3N3O3. The van der Waals surface area contributed by atoms with Crippen LogP contribution < -0.4 is 5.32 Å². The van der Waals surface area contributed by atoms with Gasteiger partial charge in [-0.1, -0.05) is 42.0 Å². The highest BCUT2D eigenvalue weighted by molar-refractivity contribution is 5.95. The van der Waals surface area contributed by atoms with Gasteiger partial charge in [0.05, 0.1) is 41.3 Å². The number of benzene rings is 2. The van der Waals surface area contributed by atoms with Gasteiger partial charge < -0.3 is 15.2 Å². The second-order valence-electron chi connectivity index (χ2n) is 11.3. The fraction of sp³-hybridized carbons (Fsp3) is 0.517. The zero-order chi connectivity index (χ0) is 27.8. The minimum absolute atomic E-state index is 0.0917. The van der Waals surface area contributed by atoms with E-state index in [1.165, 1.54) is 0 Å². The molecule has 6 nitrogen and oxygen atoms in total. The molecule has 1 saturated heterocycles. The highest BCUT2D eigenvalue weighted by Gasteiger charge is 2.50. The van der Waals surface area contributed by atoms with Crippen molar-refractivity contribution < 1.29 is 27.8 Å². The molecule has 2 heterocycles. The van der Waals surface area contributed by atoms with Crippen molar-refractivity contribution in [3.63, 3.8) is 0 Å². The SMILES string of the molecule is Cc1cc([C@@H](C)OC[C@@]2(c3ccccc3)CC[C@](CC(C)(C)O)(N3C=NCC3=O)CN2)cc(C(F)(F)F)c1. The van der Waals surface area contributed by atoms with Gasteiger partial charge in [-0.3, -0.25) is 14.7 Å². The van der Waals surface area contributed by atoms with Crippen LogP contribution in [-0.4, -0.2) is 53.1 Å². The summed E-state index contributed by atoms with van der Waals surface area (Å²) in [6, 6.07) is 13.8. The molecule has 0 spiro atoms. The molecular weight excluding hydrogens is 495 g/mol. The number of piperidine rings is 1. The first-order valence-corrected chi connectivity index (χ1v) is 12.9. The molecule has 2 aliphatic rings. The zero-order valence-corrected chi connectivity index (χ0v) is 22.3. The van der Waals surface area contributed by atoms with E-state index >= 15 is 0 Å². The van der Waals surface area contributed by atoms with Crippen LogP contribution in [0.4, 0.5) is 13.2 Å². The second-order valence-corrected chi connectivity index (χ2v) is 11.3. The van der Waals surface area contributed by atoms with Crippen molar-refractivity contribution in [3.8, 4) is 0 Å². The van der Waals surface area contributed by atoms with Crippen LogP contribution in [0.3, 0.4) is 0 Å². The molecule has 0 radical (unpaired) electrons. The van der Waals surface area contributed by atoms with Crippen LogP contribution in [0.15, 0.2) is 53.5 Å². The Morgan fingerprint density at radius 3 is 2.42 bits per heavy atom. The van der Waals surface area contributed by atoms with Crippen LogP contribution in [0.5, 0.6) is 0 Å². The Morgan fingerprint density at radius 1 is 1.16 bits per heavy atom. The van der Waals surface area contributed by atoms with Gasteiger partial charge in [-0.25, -0.2) is 0 Å². The molecule has 0 aliphatic carbocycles. The van der Waals surface area contributed by atoms with E-state index in [-0.39, 0.29) is 19.1 Å². The molecule has 3 atom stereocenters. The number of hydrogen-bond acceptors (Lipinski definition) is 5. The number of rotatable bonds is 8. The van der Waals surface area contributed by atoms with Crippen molar-refractivity contribution in [2.45, 2.75) is 75.9 Å². The van der Waals surface area contributed by atoms with E-state index in [4.69, 9.17) is 4.74 Å². The quantitative estimate of drug-likeness (QED) is 0.495. The number of carbonyl (C=O) groups excluding carboxylic acids is 1. The van der Waals surface area contributed by atoms with Crippen molar-refractivity contribution in [3.05, 3.63) is 70.8 Å². The van der Waals surface area contributed by atoms with Gasteiger partial charge in [-0.2, -0.15) is 13.2 Å². The molecule has 0 bridgehead atoms. The Balaban J connectivity index is 1.60. The summed E-state index contributed by atoms with van der Waals surface area (Å²) >= 11 is 0. The first kappa shape index (κ1) is 28.3. The van der Waals surface area contributed by atoms with E-state index in [9.17, 15) is 23.1 Å². The normalized spacial score (nSPS) is 25.2. The summed E-state index contributed by atoms with van der Waals surface area (Å²) in [6.45, 7) is 7.56. The molecule has 2 aliphatic heterocycles. The van der Waals surface area contributed by atoms with Crippen molar-refractivity contribution >= 4 is 12.2 Å². The topological polar surface area (TPSA) is 74.2 Å². The monoisotopic (exact) mass is 531 g/mol. The van der Waals surface area contributed by atoms with Gasteiger partial charge in [0, 0.05) is 13.0 Å². The highest BCUT2D eigenvalue weighted by Crippen LogP contribution is 2.42. The smallest absolute Gasteiger partial charge is 0.390 e. The highest BCUT2D eigenvalue weighted by atomic mass is 19.4. The summed E-state index contributed by atoms with van der Waals surface area (Å²) in [4.78, 5) is 18.5. The number of halogens is 3. The summed E-state index contributed by atoms with van der Waals surface area (Å²) in [5.41, 5.74) is -1.03. The molecule has 0 unspecified atom stereocenters. The number of aliphatic imine (C=N–C) groups is 1. The average molecular weight is 532 g/mol. The van der Waals surface area contributed by atoms with E-state index in [1.54, 1.807) is 45.0 Å². The number of nitrogens with zero attached hydrogens (tertiary/aromatic N) is 2. The van der Waals surface area contributed by atoms with Gasteiger partial charge in [-0.15, -0.1) is 0 Å². The van der Waals surface area contributed by atoms with Gasteiger partial charge in [0.25, 0.3) is 0 Å². The fourth-order valence-electron chi connectivity index (χ4n) is 5.72. The van der Waals surface area contributed by atoms with E-state index in [1.807, 2.05) is 30.3 Å². The van der Waals surface area contributed by atoms with Crippen molar-refractivity contribution in [1.29, 1.82) is 0 Å². The Labute approximate surface area is 221 Å². The molecule has 4 rings (SSSR count). The number of aliphatic hydroxyl groups is 1. The van der Waals surface area contributed by atoms with Crippen molar-refractivity contribution in [2.75, 3.05) is 19.7 Å². The molecule has 2 aromatic rings. The molecule has 0 saturated carbocycles. The van der Waals surface area contributed by atoms with Gasteiger partial charge in [0.15, 0.2) is 0 Å². The number of alkyl halides is 3. The maximum Gasteiger partial charge on any atom is 0.416 e. The predicted molar refractivity (Wildman–Crippen MR) is 140 cm³/mol. The Hall–Kier alpha value is -2.75. The lowest BCUT2D eigenvalue weighted by Crippen LogP contribution is -2.66. The lowest BCUT2D eigenvalue weighted by atomic mass is 9.72. The molecule has 1 amide bonds. The minimum atomic E-state index is -4.43. The predicted octanol–water partition coefficient (Wildman–Crippen LogP) is 5.14. The third-order valence-corrected chi connectivity index (χ3v) is 7.54. The third kappa shape index (κ3) is 6.11. The largest absolute Gasteiger partial charge is 0.416 e. The van der Waals surface area contributed by atoms with E-state index in [0.717, 1.165) is 17.7 Å². The summed E-state index contributed by atoms with van der Waals surface area (Å²) in [5.74, 6) is -0.104. The van der Waals surface area contributed by atoms with Crippen LogP contribution in [0, 0.1) is 6.92 Å². The second kappa shape index (κ2) is 10.4. The average Bonchev–Trinajstić information content (AvgIpc) is 3.29. The number of nitrogens with one attached hydrogen (secondary N) is 1. The number of carbonyl (C=O) groups is 1. The molecule has 2 aromatic carbocycles. The lowest BCUT2D eigenvalue weighted by molar-refractivity contribution is -0.137. The Morgan fingerprint density at radius 2 is 1.87 bits per heavy atom. The van der Waals surface area contributed by atoms with Gasteiger partial charge in [-0.05, 0) is 63.8 Å². The van der Waals surface area contributed by atoms with E-state index in [2.05, 4.69) is 10.3 Å². The van der Waals surface area contributed by atoms with Crippen molar-refractivity contribution in [1.82, 2.24) is 10.2 Å². The fourth-order valence-corrected chi connectivity index (χ4v) is 5.72. The Bertz CT molecular complexity index is 1170. The summed E-state index contributed by atoms with van der Waals surface area (Å²) in [5, 5.41) is 14.4. The van der Waals surface area contributed by atoms with Gasteiger partial charge in [0.2, 0.25) is 5.91 Å². The maximum atomic E-state index is 13.4. The number of aryl methyl sites for hydroxylation is 1. The Kier molecular flexibility index (Phi) is 7.76. The van der Waals surface area contributed by atoms with Crippen LogP contribution in [-0.2, 0) is 21.2 Å². The van der Waals surface area contributed by atoms with Crippen molar-refractivity contribution in [2.24, 2.45) is 4.99 Å². The van der Waals surface area contributed by atoms with Crippen LogP contribution in [0.2, 0.25) is 0 Å². The lowest BCUT2D eigenvalue weighted by Gasteiger charge is -2.52. The molecule has 1 fully saturated rings. The maximum absolute atomic E-state index is 13.4. The molecule has 38 heavy (non-hydrogen) atoms. The summed E-state index contributed by atoms with van der Waals surface area (Å²) in [7, 11) is 0.